The number of rotatable bonds is 4. The maximum absolute atomic E-state index is 12.1. The molecule has 0 saturated carbocycles. The normalized spacial score (nSPS) is 18.0. The Kier molecular flexibility index (Phi) is 4.48. The summed E-state index contributed by atoms with van der Waals surface area (Å²) < 4.78 is 25.1. The van der Waals surface area contributed by atoms with Gasteiger partial charge in [0.1, 0.15) is 0 Å². The van der Waals surface area contributed by atoms with Crippen LogP contribution in [0, 0.1) is 11.3 Å². The maximum Gasteiger partial charge on any atom is 0.251 e. The highest BCUT2D eigenvalue weighted by molar-refractivity contribution is 7.93. The first-order valence-corrected chi connectivity index (χ1v) is 8.33. The summed E-state index contributed by atoms with van der Waals surface area (Å²) in [7, 11) is -3.26. The number of carbonyl (C=O) groups excluding carboxylic acids is 1. The van der Waals surface area contributed by atoms with E-state index in [4.69, 9.17) is 5.26 Å². The molecule has 1 amide bonds. The molecule has 1 aromatic carbocycles. The standard InChI is InChI=1S/C14H17N3O3S/c1-11(6-7-15)16-14(18)12-4-2-5-13(10-12)17-8-3-9-21(17,19)20/h2,4-5,10-11H,3,6,8-9H2,1H3,(H,16,18). The van der Waals surface area contributed by atoms with E-state index >= 15 is 0 Å². The summed E-state index contributed by atoms with van der Waals surface area (Å²) >= 11 is 0. The van der Waals surface area contributed by atoms with Crippen LogP contribution in [0.2, 0.25) is 0 Å². The molecule has 1 saturated heterocycles. The van der Waals surface area contributed by atoms with Crippen molar-refractivity contribution in [3.8, 4) is 6.07 Å². The Morgan fingerprint density at radius 1 is 1.52 bits per heavy atom. The van der Waals surface area contributed by atoms with Crippen molar-refractivity contribution in [3.05, 3.63) is 29.8 Å². The van der Waals surface area contributed by atoms with Gasteiger partial charge in [-0.2, -0.15) is 5.26 Å². The van der Waals surface area contributed by atoms with Crippen molar-refractivity contribution in [1.82, 2.24) is 5.32 Å². The van der Waals surface area contributed by atoms with Gasteiger partial charge in [-0.15, -0.1) is 0 Å². The van der Waals surface area contributed by atoms with Crippen LogP contribution >= 0.6 is 0 Å². The van der Waals surface area contributed by atoms with Crippen LogP contribution in [0.3, 0.4) is 0 Å². The Labute approximate surface area is 124 Å². The summed E-state index contributed by atoms with van der Waals surface area (Å²) in [5.74, 6) is -0.168. The van der Waals surface area contributed by atoms with Gasteiger partial charge in [-0.1, -0.05) is 6.07 Å². The van der Waals surface area contributed by atoms with Crippen molar-refractivity contribution in [2.24, 2.45) is 0 Å². The summed E-state index contributed by atoms with van der Waals surface area (Å²) in [6.45, 7) is 2.19. The quantitative estimate of drug-likeness (QED) is 0.906. The molecule has 1 fully saturated rings. The van der Waals surface area contributed by atoms with Gasteiger partial charge in [-0.05, 0) is 31.5 Å². The number of nitrogens with one attached hydrogen (secondary N) is 1. The second-order valence-corrected chi connectivity index (χ2v) is 7.04. The molecule has 7 heteroatoms. The Balaban J connectivity index is 2.18. The minimum atomic E-state index is -3.26. The fourth-order valence-corrected chi connectivity index (χ4v) is 3.78. The van der Waals surface area contributed by atoms with Crippen molar-refractivity contribution in [1.29, 1.82) is 5.26 Å². The van der Waals surface area contributed by atoms with E-state index in [0.29, 0.717) is 24.2 Å². The molecule has 112 valence electrons. The number of nitriles is 1. The molecule has 0 bridgehead atoms. The number of benzene rings is 1. The van der Waals surface area contributed by atoms with Gasteiger partial charge in [0, 0.05) is 18.2 Å². The van der Waals surface area contributed by atoms with Crippen molar-refractivity contribution in [2.75, 3.05) is 16.6 Å². The van der Waals surface area contributed by atoms with Crippen LogP contribution in [0.1, 0.15) is 30.1 Å². The summed E-state index contributed by atoms with van der Waals surface area (Å²) in [5, 5.41) is 11.3. The second kappa shape index (κ2) is 6.14. The Morgan fingerprint density at radius 2 is 2.29 bits per heavy atom. The van der Waals surface area contributed by atoms with E-state index in [1.54, 1.807) is 31.2 Å². The lowest BCUT2D eigenvalue weighted by molar-refractivity contribution is 0.0941. The van der Waals surface area contributed by atoms with Crippen LogP contribution in [0.25, 0.3) is 0 Å². The first-order valence-electron chi connectivity index (χ1n) is 6.72. The predicted molar refractivity (Wildman–Crippen MR) is 79.4 cm³/mol. The number of carbonyl (C=O) groups is 1. The summed E-state index contributed by atoms with van der Waals surface area (Å²) in [5.41, 5.74) is 0.896. The van der Waals surface area contributed by atoms with Crippen LogP contribution in [-0.4, -0.2) is 32.7 Å². The zero-order chi connectivity index (χ0) is 15.5. The van der Waals surface area contributed by atoms with E-state index in [9.17, 15) is 13.2 Å². The largest absolute Gasteiger partial charge is 0.349 e. The third-order valence-corrected chi connectivity index (χ3v) is 5.14. The molecule has 1 atom stereocenters. The highest BCUT2D eigenvalue weighted by Crippen LogP contribution is 2.24. The van der Waals surface area contributed by atoms with E-state index in [1.165, 1.54) is 4.31 Å². The van der Waals surface area contributed by atoms with E-state index in [1.807, 2.05) is 6.07 Å². The van der Waals surface area contributed by atoms with E-state index in [2.05, 4.69) is 5.32 Å². The number of sulfonamides is 1. The molecule has 0 spiro atoms. The van der Waals surface area contributed by atoms with Gasteiger partial charge < -0.3 is 5.32 Å². The lowest BCUT2D eigenvalue weighted by atomic mass is 10.1. The molecule has 1 unspecified atom stereocenters. The fourth-order valence-electron chi connectivity index (χ4n) is 2.23. The Hall–Kier alpha value is -2.07. The van der Waals surface area contributed by atoms with Crippen LogP contribution in [0.5, 0.6) is 0 Å². The van der Waals surface area contributed by atoms with Crippen LogP contribution in [0.15, 0.2) is 24.3 Å². The molecule has 2 rings (SSSR count). The van der Waals surface area contributed by atoms with Gasteiger partial charge in [0.25, 0.3) is 5.91 Å². The number of amides is 1. The minimum absolute atomic E-state index is 0.141. The molecule has 1 aromatic rings. The van der Waals surface area contributed by atoms with E-state index < -0.39 is 10.0 Å². The van der Waals surface area contributed by atoms with Crippen molar-refractivity contribution in [3.63, 3.8) is 0 Å². The van der Waals surface area contributed by atoms with Crippen molar-refractivity contribution in [2.45, 2.75) is 25.8 Å². The number of nitrogens with zero attached hydrogens (tertiary/aromatic N) is 2. The minimum Gasteiger partial charge on any atom is -0.349 e. The molecule has 0 radical (unpaired) electrons. The molecule has 0 aromatic heterocycles. The first-order chi connectivity index (χ1) is 9.94. The highest BCUT2D eigenvalue weighted by Gasteiger charge is 2.28. The van der Waals surface area contributed by atoms with Gasteiger partial charge in [0.05, 0.1) is 23.9 Å². The molecule has 1 aliphatic rings. The number of hydrogen-bond acceptors (Lipinski definition) is 4. The topological polar surface area (TPSA) is 90.3 Å². The lowest BCUT2D eigenvalue weighted by Gasteiger charge is -2.18. The molecule has 1 N–H and O–H groups in total. The van der Waals surface area contributed by atoms with Gasteiger partial charge >= 0.3 is 0 Å². The summed E-state index contributed by atoms with van der Waals surface area (Å²) in [6, 6.07) is 8.27. The SMILES string of the molecule is CC(CC#N)NC(=O)c1cccc(N2CCCS2(=O)=O)c1. The summed E-state index contributed by atoms with van der Waals surface area (Å²) in [4.78, 5) is 12.1. The smallest absolute Gasteiger partial charge is 0.251 e. The number of anilines is 1. The molecular formula is C14H17N3O3S. The van der Waals surface area contributed by atoms with E-state index in [0.717, 1.165) is 0 Å². The van der Waals surface area contributed by atoms with Gasteiger partial charge in [0.15, 0.2) is 0 Å². The maximum atomic E-state index is 12.1. The molecule has 6 nitrogen and oxygen atoms in total. The molecule has 1 heterocycles. The van der Waals surface area contributed by atoms with Crippen molar-refractivity contribution < 1.29 is 13.2 Å². The first kappa shape index (κ1) is 15.3. The average molecular weight is 307 g/mol. The van der Waals surface area contributed by atoms with Gasteiger partial charge in [-0.3, -0.25) is 9.10 Å². The van der Waals surface area contributed by atoms with Crippen LogP contribution in [0.4, 0.5) is 5.69 Å². The third kappa shape index (κ3) is 3.52. The average Bonchev–Trinajstić information content (AvgIpc) is 2.78. The molecule has 21 heavy (non-hydrogen) atoms. The fraction of sp³-hybridized carbons (Fsp3) is 0.429. The van der Waals surface area contributed by atoms with Gasteiger partial charge in [0.2, 0.25) is 10.0 Å². The Bertz CT molecular complexity index is 679. The van der Waals surface area contributed by atoms with Crippen molar-refractivity contribution >= 4 is 21.6 Å². The predicted octanol–water partition coefficient (Wildman–Crippen LogP) is 1.26. The number of hydrogen-bond donors (Lipinski definition) is 1. The lowest BCUT2D eigenvalue weighted by Crippen LogP contribution is -2.32. The van der Waals surface area contributed by atoms with Crippen LogP contribution in [-0.2, 0) is 10.0 Å². The van der Waals surface area contributed by atoms with E-state index in [-0.39, 0.29) is 24.1 Å². The molecule has 0 aliphatic carbocycles. The molecular weight excluding hydrogens is 290 g/mol. The zero-order valence-electron chi connectivity index (χ0n) is 11.7. The third-order valence-electron chi connectivity index (χ3n) is 3.27. The van der Waals surface area contributed by atoms with Gasteiger partial charge in [-0.25, -0.2) is 8.42 Å². The highest BCUT2D eigenvalue weighted by atomic mass is 32.2. The molecule has 1 aliphatic heterocycles. The summed E-state index contributed by atoms with van der Waals surface area (Å²) in [6.07, 6.45) is 0.823. The second-order valence-electron chi connectivity index (χ2n) is 5.03. The monoisotopic (exact) mass is 307 g/mol. The zero-order valence-corrected chi connectivity index (χ0v) is 12.6. The Morgan fingerprint density at radius 3 is 2.90 bits per heavy atom. The van der Waals surface area contributed by atoms with Crippen LogP contribution < -0.4 is 9.62 Å².